The zero-order valence-corrected chi connectivity index (χ0v) is 10.2. The van der Waals surface area contributed by atoms with Gasteiger partial charge in [0.15, 0.2) is 0 Å². The number of aryl methyl sites for hydroxylation is 1. The fraction of sp³-hybridized carbons (Fsp3) is 0.250. The normalized spacial score (nSPS) is 10.3. The molecule has 6 heteroatoms. The number of hydrogen-bond acceptors (Lipinski definition) is 4. The number of ether oxygens (including phenoxy) is 1. The highest BCUT2D eigenvalue weighted by Gasteiger charge is 2.05. The minimum atomic E-state index is -0.368. The second kappa shape index (κ2) is 4.87. The first-order chi connectivity index (χ1) is 8.61. The molecule has 0 atom stereocenters. The number of nitrogens with zero attached hydrogens (tertiary/aromatic N) is 3. The van der Waals surface area contributed by atoms with Gasteiger partial charge in [-0.3, -0.25) is 9.36 Å². The van der Waals surface area contributed by atoms with Crippen LogP contribution in [0.5, 0.6) is 5.88 Å². The highest BCUT2D eigenvalue weighted by atomic mass is 16.5. The van der Waals surface area contributed by atoms with Crippen LogP contribution in [-0.4, -0.2) is 21.2 Å². The molecule has 6 nitrogen and oxygen atoms in total. The summed E-state index contributed by atoms with van der Waals surface area (Å²) < 4.78 is 7.47. The molecule has 0 fully saturated rings. The largest absolute Gasteiger partial charge is 0.481 e. The Morgan fingerprint density at radius 3 is 2.78 bits per heavy atom. The highest BCUT2D eigenvalue weighted by Crippen LogP contribution is 2.06. The molecule has 2 aromatic heterocycles. The van der Waals surface area contributed by atoms with Crippen LogP contribution in [-0.2, 0) is 13.6 Å². The third kappa shape index (κ3) is 2.32. The first-order valence-electron chi connectivity index (χ1n) is 5.38. The zero-order valence-electron chi connectivity index (χ0n) is 10.2. The van der Waals surface area contributed by atoms with Gasteiger partial charge in [0.1, 0.15) is 0 Å². The van der Waals surface area contributed by atoms with Gasteiger partial charge >= 0.3 is 5.69 Å². The summed E-state index contributed by atoms with van der Waals surface area (Å²) in [5, 5.41) is 0. The topological polar surface area (TPSA) is 66.1 Å². The van der Waals surface area contributed by atoms with Crippen molar-refractivity contribution in [3.05, 3.63) is 57.0 Å². The van der Waals surface area contributed by atoms with Crippen LogP contribution in [0.1, 0.15) is 5.69 Å². The summed E-state index contributed by atoms with van der Waals surface area (Å²) in [5.74, 6) is 0.452. The van der Waals surface area contributed by atoms with E-state index in [1.54, 1.807) is 25.2 Å². The molecule has 0 radical (unpaired) electrons. The summed E-state index contributed by atoms with van der Waals surface area (Å²) in [6.45, 7) is 0.129. The number of pyridine rings is 1. The van der Waals surface area contributed by atoms with Crippen molar-refractivity contribution in [3.63, 3.8) is 0 Å². The van der Waals surface area contributed by atoms with E-state index in [9.17, 15) is 9.59 Å². The average Bonchev–Trinajstić information content (AvgIpc) is 2.39. The smallest absolute Gasteiger partial charge is 0.331 e. The number of rotatable bonds is 3. The second-order valence-corrected chi connectivity index (χ2v) is 3.80. The predicted molar refractivity (Wildman–Crippen MR) is 65.8 cm³/mol. The van der Waals surface area contributed by atoms with Gasteiger partial charge in [0.25, 0.3) is 5.56 Å². The highest BCUT2D eigenvalue weighted by molar-refractivity contribution is 5.15. The molecule has 18 heavy (non-hydrogen) atoms. The lowest BCUT2D eigenvalue weighted by atomic mass is 10.3. The van der Waals surface area contributed by atoms with Crippen LogP contribution in [0, 0.1) is 0 Å². The third-order valence-corrected chi connectivity index (χ3v) is 2.55. The van der Waals surface area contributed by atoms with Gasteiger partial charge < -0.3 is 9.30 Å². The molecule has 0 unspecified atom stereocenters. The number of methoxy groups -OCH3 is 1. The predicted octanol–water partition coefficient (Wildman–Crippen LogP) is -0.00110. The molecule has 0 spiro atoms. The van der Waals surface area contributed by atoms with Crippen LogP contribution >= 0.6 is 0 Å². The Bertz CT molecular complexity index is 673. The fourth-order valence-electron chi connectivity index (χ4n) is 1.58. The molecule has 2 rings (SSSR count). The molecule has 0 aliphatic carbocycles. The van der Waals surface area contributed by atoms with Gasteiger partial charge in [-0.2, -0.15) is 0 Å². The monoisotopic (exact) mass is 247 g/mol. The minimum Gasteiger partial charge on any atom is -0.481 e. The molecular formula is C12H13N3O3. The van der Waals surface area contributed by atoms with Crippen LogP contribution in [0.15, 0.2) is 40.1 Å². The molecule has 0 saturated carbocycles. The van der Waals surface area contributed by atoms with E-state index >= 15 is 0 Å². The summed E-state index contributed by atoms with van der Waals surface area (Å²) in [7, 11) is 3.11. The molecule has 0 bridgehead atoms. The molecule has 2 heterocycles. The number of hydrogen-bond donors (Lipinski definition) is 0. The molecule has 0 amide bonds. The van der Waals surface area contributed by atoms with Gasteiger partial charge in [0, 0.05) is 25.4 Å². The van der Waals surface area contributed by atoms with Crippen molar-refractivity contribution in [1.82, 2.24) is 14.1 Å². The van der Waals surface area contributed by atoms with E-state index in [2.05, 4.69) is 4.98 Å². The van der Waals surface area contributed by atoms with Gasteiger partial charge in [0.05, 0.1) is 19.3 Å². The Balaban J connectivity index is 2.43. The van der Waals surface area contributed by atoms with Gasteiger partial charge in [-0.15, -0.1) is 0 Å². The standard InChI is InChI=1S/C12H13N3O3/c1-14-7-6-11(16)15(12(14)17)8-9-4-3-5-10(13-9)18-2/h3-7H,8H2,1-2H3. The fourth-order valence-corrected chi connectivity index (χ4v) is 1.58. The van der Waals surface area contributed by atoms with E-state index < -0.39 is 0 Å². The maximum atomic E-state index is 11.8. The lowest BCUT2D eigenvalue weighted by molar-refractivity contribution is 0.395. The molecule has 0 aliphatic rings. The molecule has 0 aromatic carbocycles. The van der Waals surface area contributed by atoms with Crippen molar-refractivity contribution < 1.29 is 4.74 Å². The first-order valence-corrected chi connectivity index (χ1v) is 5.38. The van der Waals surface area contributed by atoms with Crippen molar-refractivity contribution in [2.75, 3.05) is 7.11 Å². The van der Waals surface area contributed by atoms with Crippen molar-refractivity contribution in [2.45, 2.75) is 6.54 Å². The maximum Gasteiger partial charge on any atom is 0.331 e. The van der Waals surface area contributed by atoms with Crippen molar-refractivity contribution in [3.8, 4) is 5.88 Å². The maximum absolute atomic E-state index is 11.8. The van der Waals surface area contributed by atoms with Gasteiger partial charge in [0.2, 0.25) is 5.88 Å². The average molecular weight is 247 g/mol. The quantitative estimate of drug-likeness (QED) is 0.765. The van der Waals surface area contributed by atoms with E-state index in [0.717, 1.165) is 4.57 Å². The summed E-state index contributed by atoms with van der Waals surface area (Å²) in [5.41, 5.74) is -0.116. The lowest BCUT2D eigenvalue weighted by Gasteiger charge is -2.07. The van der Waals surface area contributed by atoms with Crippen molar-refractivity contribution in [1.29, 1.82) is 0 Å². The molecule has 94 valence electrons. The molecular weight excluding hydrogens is 234 g/mol. The van der Waals surface area contributed by atoms with Gasteiger partial charge in [-0.05, 0) is 6.07 Å². The molecule has 0 N–H and O–H groups in total. The summed E-state index contributed by atoms with van der Waals surface area (Å²) >= 11 is 0. The van der Waals surface area contributed by atoms with Crippen molar-refractivity contribution >= 4 is 0 Å². The van der Waals surface area contributed by atoms with Crippen LogP contribution in [0.2, 0.25) is 0 Å². The Labute approximate surface area is 103 Å². The SMILES string of the molecule is COc1cccc(Cn2c(=O)ccn(C)c2=O)n1. The molecule has 0 aliphatic heterocycles. The van der Waals surface area contributed by atoms with Crippen LogP contribution in [0.3, 0.4) is 0 Å². The zero-order chi connectivity index (χ0) is 13.1. The van der Waals surface area contributed by atoms with E-state index in [1.165, 1.54) is 23.9 Å². The Kier molecular flexibility index (Phi) is 3.27. The van der Waals surface area contributed by atoms with Crippen molar-refractivity contribution in [2.24, 2.45) is 7.05 Å². The Morgan fingerprint density at radius 2 is 2.06 bits per heavy atom. The van der Waals surface area contributed by atoms with Gasteiger partial charge in [-0.25, -0.2) is 9.78 Å². The lowest BCUT2D eigenvalue weighted by Crippen LogP contribution is -2.38. The number of aromatic nitrogens is 3. The second-order valence-electron chi connectivity index (χ2n) is 3.80. The van der Waals surface area contributed by atoms with E-state index in [0.29, 0.717) is 11.6 Å². The first kappa shape index (κ1) is 12.1. The van der Waals surface area contributed by atoms with Crippen LogP contribution in [0.25, 0.3) is 0 Å². The van der Waals surface area contributed by atoms with E-state index in [1.807, 2.05) is 0 Å². The van der Waals surface area contributed by atoms with E-state index in [-0.39, 0.29) is 17.8 Å². The minimum absolute atomic E-state index is 0.129. The van der Waals surface area contributed by atoms with Crippen LogP contribution < -0.4 is 16.0 Å². The third-order valence-electron chi connectivity index (χ3n) is 2.55. The van der Waals surface area contributed by atoms with E-state index in [4.69, 9.17) is 4.74 Å². The Morgan fingerprint density at radius 1 is 1.28 bits per heavy atom. The summed E-state index contributed by atoms with van der Waals surface area (Å²) in [4.78, 5) is 27.6. The molecule has 0 saturated heterocycles. The summed E-state index contributed by atoms with van der Waals surface area (Å²) in [6, 6.07) is 6.55. The Hall–Kier alpha value is -2.37. The molecule has 2 aromatic rings. The van der Waals surface area contributed by atoms with Gasteiger partial charge in [-0.1, -0.05) is 6.07 Å². The summed E-state index contributed by atoms with van der Waals surface area (Å²) in [6.07, 6.45) is 1.44. The van der Waals surface area contributed by atoms with Crippen LogP contribution in [0.4, 0.5) is 0 Å².